The molecule has 0 atom stereocenters. The first-order valence-electron chi connectivity index (χ1n) is 8.13. The molecule has 0 radical (unpaired) electrons. The lowest BCUT2D eigenvalue weighted by atomic mass is 10.0. The minimum atomic E-state index is -0.119. The molecule has 3 aromatic rings. The molecule has 0 saturated carbocycles. The normalized spacial score (nSPS) is 14.2. The highest BCUT2D eigenvalue weighted by Gasteiger charge is 2.30. The highest BCUT2D eigenvalue weighted by molar-refractivity contribution is 6.01. The van der Waals surface area contributed by atoms with Crippen molar-refractivity contribution in [2.45, 2.75) is 6.04 Å². The summed E-state index contributed by atoms with van der Waals surface area (Å²) in [6.07, 6.45) is 5.04. The summed E-state index contributed by atoms with van der Waals surface area (Å²) < 4.78 is 5.41. The van der Waals surface area contributed by atoms with Gasteiger partial charge in [-0.2, -0.15) is 0 Å². The summed E-state index contributed by atoms with van der Waals surface area (Å²) in [4.78, 5) is 23.1. The van der Waals surface area contributed by atoms with Crippen LogP contribution < -0.4 is 15.0 Å². The summed E-state index contributed by atoms with van der Waals surface area (Å²) in [5.74, 6) is 1.30. The largest absolute Gasteiger partial charge is 0.496 e. The number of hydrogen-bond acceptors (Lipinski definition) is 5. The molecule has 1 fully saturated rings. The van der Waals surface area contributed by atoms with Crippen LogP contribution >= 0.6 is 0 Å². The number of benzene rings is 2. The molecule has 2 aromatic carbocycles. The molecular weight excluding hydrogens is 316 g/mol. The fourth-order valence-electron chi connectivity index (χ4n) is 3.04. The van der Waals surface area contributed by atoms with Gasteiger partial charge in [0.1, 0.15) is 11.6 Å². The number of carbonyl (C=O) groups excluding carboxylic acids is 1. The lowest BCUT2D eigenvalue weighted by Crippen LogP contribution is -2.59. The average molecular weight is 334 g/mol. The van der Waals surface area contributed by atoms with Crippen molar-refractivity contribution in [1.82, 2.24) is 15.3 Å². The molecule has 1 aliphatic heterocycles. The molecule has 1 aliphatic rings. The Morgan fingerprint density at radius 3 is 2.64 bits per heavy atom. The fourth-order valence-corrected chi connectivity index (χ4v) is 3.04. The first-order valence-corrected chi connectivity index (χ1v) is 8.13. The van der Waals surface area contributed by atoms with Gasteiger partial charge in [0.2, 0.25) is 0 Å². The Bertz CT molecular complexity index is 908. The molecule has 0 unspecified atom stereocenters. The molecule has 25 heavy (non-hydrogen) atoms. The smallest absolute Gasteiger partial charge is 0.255 e. The molecule has 126 valence electrons. The third kappa shape index (κ3) is 2.98. The number of ether oxygens (including phenoxy) is 1. The van der Waals surface area contributed by atoms with Crippen LogP contribution in [0.25, 0.3) is 10.8 Å². The van der Waals surface area contributed by atoms with Crippen LogP contribution in [0.4, 0.5) is 5.82 Å². The van der Waals surface area contributed by atoms with Crippen molar-refractivity contribution in [2.24, 2.45) is 0 Å². The summed E-state index contributed by atoms with van der Waals surface area (Å²) in [7, 11) is 1.58. The molecule has 1 N–H and O–H groups in total. The molecule has 1 aromatic heterocycles. The molecule has 0 bridgehead atoms. The van der Waals surface area contributed by atoms with Crippen LogP contribution in [0.1, 0.15) is 10.4 Å². The average Bonchev–Trinajstić information content (AvgIpc) is 2.63. The van der Waals surface area contributed by atoms with Gasteiger partial charge in [-0.25, -0.2) is 4.98 Å². The number of nitrogens with one attached hydrogen (secondary N) is 1. The van der Waals surface area contributed by atoms with Crippen molar-refractivity contribution >= 4 is 22.5 Å². The van der Waals surface area contributed by atoms with Gasteiger partial charge in [-0.3, -0.25) is 9.78 Å². The first kappa shape index (κ1) is 15.4. The van der Waals surface area contributed by atoms with Gasteiger partial charge >= 0.3 is 0 Å². The molecular formula is C19H18N4O2. The van der Waals surface area contributed by atoms with Gasteiger partial charge in [-0.1, -0.05) is 24.3 Å². The summed E-state index contributed by atoms with van der Waals surface area (Å²) in [5.41, 5.74) is 0.555. The van der Waals surface area contributed by atoms with E-state index in [0.717, 1.165) is 29.7 Å². The second-order valence-corrected chi connectivity index (χ2v) is 6.04. The van der Waals surface area contributed by atoms with Crippen LogP contribution in [0.2, 0.25) is 0 Å². The number of fused-ring (bicyclic) bond motifs is 1. The standard InChI is InChI=1S/C19H18N4O2/c1-25-17-9-14-5-3-2-4-13(14)8-16(17)19(24)22-15-11-23(12-15)18-10-20-6-7-21-18/h2-10,15H,11-12H2,1H3,(H,22,24). The summed E-state index contributed by atoms with van der Waals surface area (Å²) in [6, 6.07) is 11.8. The first-order chi connectivity index (χ1) is 12.2. The van der Waals surface area contributed by atoms with E-state index in [4.69, 9.17) is 4.74 Å². The zero-order chi connectivity index (χ0) is 17.2. The minimum absolute atomic E-state index is 0.0886. The van der Waals surface area contributed by atoms with E-state index in [1.165, 1.54) is 0 Å². The number of amides is 1. The Labute approximate surface area is 145 Å². The van der Waals surface area contributed by atoms with Gasteiger partial charge in [0.15, 0.2) is 0 Å². The molecule has 4 rings (SSSR count). The molecule has 6 nitrogen and oxygen atoms in total. The van der Waals surface area contributed by atoms with Crippen LogP contribution in [0, 0.1) is 0 Å². The minimum Gasteiger partial charge on any atom is -0.496 e. The van der Waals surface area contributed by atoms with Gasteiger partial charge < -0.3 is 15.0 Å². The second kappa shape index (κ2) is 6.39. The van der Waals surface area contributed by atoms with E-state index in [9.17, 15) is 4.79 Å². The van der Waals surface area contributed by atoms with E-state index in [1.54, 1.807) is 25.7 Å². The number of anilines is 1. The molecule has 6 heteroatoms. The highest BCUT2D eigenvalue weighted by Crippen LogP contribution is 2.26. The number of rotatable bonds is 4. The van der Waals surface area contributed by atoms with E-state index >= 15 is 0 Å². The second-order valence-electron chi connectivity index (χ2n) is 6.04. The van der Waals surface area contributed by atoms with Gasteiger partial charge in [0.25, 0.3) is 5.91 Å². The summed E-state index contributed by atoms with van der Waals surface area (Å²) in [5, 5.41) is 5.13. The van der Waals surface area contributed by atoms with Crippen molar-refractivity contribution in [3.8, 4) is 5.75 Å². The molecule has 1 amide bonds. The number of aromatic nitrogens is 2. The number of methoxy groups -OCH3 is 1. The molecule has 2 heterocycles. The molecule has 0 aliphatic carbocycles. The lowest BCUT2D eigenvalue weighted by Gasteiger charge is -2.40. The van der Waals surface area contributed by atoms with Crippen LogP contribution in [0.3, 0.4) is 0 Å². The third-order valence-corrected chi connectivity index (χ3v) is 4.40. The SMILES string of the molecule is COc1cc2ccccc2cc1C(=O)NC1CN(c2cnccn2)C1. The van der Waals surface area contributed by atoms with Crippen molar-refractivity contribution in [1.29, 1.82) is 0 Å². The van der Waals surface area contributed by atoms with Gasteiger partial charge in [-0.05, 0) is 22.9 Å². The highest BCUT2D eigenvalue weighted by atomic mass is 16.5. The number of carbonyl (C=O) groups is 1. The molecule has 1 saturated heterocycles. The van der Waals surface area contributed by atoms with E-state index in [-0.39, 0.29) is 11.9 Å². The van der Waals surface area contributed by atoms with Crippen molar-refractivity contribution in [2.75, 3.05) is 25.1 Å². The Balaban J connectivity index is 1.48. The Morgan fingerprint density at radius 1 is 1.20 bits per heavy atom. The van der Waals surface area contributed by atoms with E-state index < -0.39 is 0 Å². The van der Waals surface area contributed by atoms with E-state index in [0.29, 0.717) is 11.3 Å². The number of nitrogens with zero attached hydrogens (tertiary/aromatic N) is 3. The van der Waals surface area contributed by atoms with Gasteiger partial charge in [0, 0.05) is 25.5 Å². The summed E-state index contributed by atoms with van der Waals surface area (Å²) >= 11 is 0. The maximum atomic E-state index is 12.7. The predicted octanol–water partition coefficient (Wildman–Crippen LogP) is 2.26. The van der Waals surface area contributed by atoms with Gasteiger partial charge in [-0.15, -0.1) is 0 Å². The van der Waals surface area contributed by atoms with Crippen LogP contribution in [0.5, 0.6) is 5.75 Å². The van der Waals surface area contributed by atoms with Crippen LogP contribution in [0.15, 0.2) is 55.0 Å². The topological polar surface area (TPSA) is 67.3 Å². The van der Waals surface area contributed by atoms with E-state index in [2.05, 4.69) is 20.2 Å². The van der Waals surface area contributed by atoms with Crippen molar-refractivity contribution in [3.63, 3.8) is 0 Å². The van der Waals surface area contributed by atoms with Gasteiger partial charge in [0.05, 0.1) is 24.9 Å². The predicted molar refractivity (Wildman–Crippen MR) is 96.0 cm³/mol. The quantitative estimate of drug-likeness (QED) is 0.793. The van der Waals surface area contributed by atoms with Crippen LogP contribution in [-0.4, -0.2) is 42.1 Å². The maximum Gasteiger partial charge on any atom is 0.255 e. The maximum absolute atomic E-state index is 12.7. The fraction of sp³-hybridized carbons (Fsp3) is 0.211. The lowest BCUT2D eigenvalue weighted by molar-refractivity contribution is 0.0927. The zero-order valence-corrected chi connectivity index (χ0v) is 13.8. The van der Waals surface area contributed by atoms with Crippen molar-refractivity contribution in [3.05, 3.63) is 60.6 Å². The zero-order valence-electron chi connectivity index (χ0n) is 13.8. The Morgan fingerprint density at radius 2 is 1.96 bits per heavy atom. The Hall–Kier alpha value is -3.15. The third-order valence-electron chi connectivity index (χ3n) is 4.40. The van der Waals surface area contributed by atoms with Crippen LogP contribution in [-0.2, 0) is 0 Å². The Kier molecular flexibility index (Phi) is 3.93. The molecule has 0 spiro atoms. The monoisotopic (exact) mass is 334 g/mol. The summed E-state index contributed by atoms with van der Waals surface area (Å²) in [6.45, 7) is 1.45. The van der Waals surface area contributed by atoms with Crippen molar-refractivity contribution < 1.29 is 9.53 Å². The van der Waals surface area contributed by atoms with E-state index in [1.807, 2.05) is 36.4 Å². The number of hydrogen-bond donors (Lipinski definition) is 1.